The third-order valence-corrected chi connectivity index (χ3v) is 4.39. The van der Waals surface area contributed by atoms with Crippen LogP contribution in [0.5, 0.6) is 0 Å². The first-order valence-electron chi connectivity index (χ1n) is 8.78. The second-order valence-electron chi connectivity index (χ2n) is 6.42. The van der Waals surface area contributed by atoms with Crippen molar-refractivity contribution >= 4 is 28.5 Å². The normalized spacial score (nSPS) is 10.3. The molecule has 0 bridgehead atoms. The highest BCUT2D eigenvalue weighted by molar-refractivity contribution is 8.93. The lowest BCUT2D eigenvalue weighted by atomic mass is 9.87. The second-order valence-corrected chi connectivity index (χ2v) is 6.42. The quantitative estimate of drug-likeness (QED) is 0.457. The predicted molar refractivity (Wildman–Crippen MR) is 113 cm³/mol. The maximum absolute atomic E-state index is 12.6. The van der Waals surface area contributed by atoms with Gasteiger partial charge in [-0.05, 0) is 24.0 Å². The van der Waals surface area contributed by atoms with E-state index in [1.54, 1.807) is 12.4 Å². The van der Waals surface area contributed by atoms with Crippen LogP contribution in [0, 0.1) is 5.92 Å². The second kappa shape index (κ2) is 10.5. The molecule has 3 rings (SSSR count). The fourth-order valence-corrected chi connectivity index (χ4v) is 3.08. The van der Waals surface area contributed by atoms with Crippen molar-refractivity contribution < 1.29 is 9.59 Å². The molecular formula is C23H22BrNO2. The Balaban J connectivity index is 0.00000261. The van der Waals surface area contributed by atoms with Crippen LogP contribution < -0.4 is 0 Å². The molecule has 0 unspecified atom stereocenters. The van der Waals surface area contributed by atoms with Crippen LogP contribution in [-0.4, -0.2) is 16.6 Å². The van der Waals surface area contributed by atoms with Gasteiger partial charge in [0, 0.05) is 36.4 Å². The lowest BCUT2D eigenvalue weighted by Gasteiger charge is -2.16. The highest BCUT2D eigenvalue weighted by Crippen LogP contribution is 2.21. The molecule has 138 valence electrons. The largest absolute Gasteiger partial charge is 0.294 e. The molecule has 0 aliphatic heterocycles. The molecule has 3 aromatic rings. The van der Waals surface area contributed by atoms with Crippen molar-refractivity contribution in [1.82, 2.24) is 4.98 Å². The Morgan fingerprint density at radius 1 is 0.741 bits per heavy atom. The van der Waals surface area contributed by atoms with Gasteiger partial charge >= 0.3 is 0 Å². The van der Waals surface area contributed by atoms with Crippen LogP contribution in [0.3, 0.4) is 0 Å². The van der Waals surface area contributed by atoms with Gasteiger partial charge in [0.1, 0.15) is 0 Å². The van der Waals surface area contributed by atoms with Crippen molar-refractivity contribution in [2.75, 3.05) is 0 Å². The zero-order valence-electron chi connectivity index (χ0n) is 15.0. The summed E-state index contributed by atoms with van der Waals surface area (Å²) in [5.74, 6) is 0.0836. The number of rotatable bonds is 8. The monoisotopic (exact) mass is 423 g/mol. The van der Waals surface area contributed by atoms with Crippen molar-refractivity contribution in [3.05, 3.63) is 102 Å². The van der Waals surface area contributed by atoms with E-state index in [-0.39, 0.29) is 34.5 Å². The van der Waals surface area contributed by atoms with Gasteiger partial charge in [-0.3, -0.25) is 14.6 Å². The third kappa shape index (κ3) is 6.26. The number of benzene rings is 2. The topological polar surface area (TPSA) is 47.0 Å². The molecule has 3 nitrogen and oxygen atoms in total. The fraction of sp³-hybridized carbons (Fsp3) is 0.174. The van der Waals surface area contributed by atoms with E-state index in [0.717, 1.165) is 5.56 Å². The molecule has 0 spiro atoms. The lowest BCUT2D eigenvalue weighted by Crippen LogP contribution is -2.16. The van der Waals surface area contributed by atoms with Gasteiger partial charge in [-0.25, -0.2) is 0 Å². The maximum Gasteiger partial charge on any atom is 0.163 e. The molecule has 4 heteroatoms. The molecule has 0 aliphatic carbocycles. The van der Waals surface area contributed by atoms with Crippen molar-refractivity contribution in [1.29, 1.82) is 0 Å². The summed E-state index contributed by atoms with van der Waals surface area (Å²) in [4.78, 5) is 29.4. The minimum Gasteiger partial charge on any atom is -0.294 e. The number of Topliss-reactive ketones (excluding diaryl/α,β-unsaturated/α-hetero) is 2. The van der Waals surface area contributed by atoms with Gasteiger partial charge < -0.3 is 0 Å². The smallest absolute Gasteiger partial charge is 0.163 e. The Labute approximate surface area is 170 Å². The minimum absolute atomic E-state index is 0. The summed E-state index contributed by atoms with van der Waals surface area (Å²) in [7, 11) is 0. The lowest BCUT2D eigenvalue weighted by molar-refractivity contribution is 0.0921. The van der Waals surface area contributed by atoms with Gasteiger partial charge in [0.25, 0.3) is 0 Å². The minimum atomic E-state index is -0.0559. The standard InChI is InChI=1S/C23H21NO2.BrH/c25-22(20-9-3-1-4-10-20)15-19(14-18-8-7-13-24-17-18)16-23(26)21-11-5-2-6-12-21;/h1-13,17,19H,14-16H2;1H. The van der Waals surface area contributed by atoms with Gasteiger partial charge in [-0.15, -0.1) is 17.0 Å². The van der Waals surface area contributed by atoms with Gasteiger partial charge in [0.2, 0.25) is 0 Å². The molecule has 0 saturated heterocycles. The molecule has 27 heavy (non-hydrogen) atoms. The van der Waals surface area contributed by atoms with E-state index >= 15 is 0 Å². The summed E-state index contributed by atoms with van der Waals surface area (Å²) in [6, 6.07) is 22.4. The van der Waals surface area contributed by atoms with Crippen LogP contribution in [0.25, 0.3) is 0 Å². The third-order valence-electron chi connectivity index (χ3n) is 4.39. The van der Waals surface area contributed by atoms with E-state index in [4.69, 9.17) is 0 Å². The Kier molecular flexibility index (Phi) is 8.08. The molecule has 0 amide bonds. The van der Waals surface area contributed by atoms with Crippen LogP contribution in [-0.2, 0) is 6.42 Å². The van der Waals surface area contributed by atoms with Gasteiger partial charge in [-0.2, -0.15) is 0 Å². The highest BCUT2D eigenvalue weighted by atomic mass is 79.9. The molecule has 2 aromatic carbocycles. The first kappa shape index (κ1) is 20.7. The van der Waals surface area contributed by atoms with Gasteiger partial charge in [-0.1, -0.05) is 66.7 Å². The molecule has 0 aliphatic rings. The number of halogens is 1. The molecule has 1 aromatic heterocycles. The van der Waals surface area contributed by atoms with Crippen LogP contribution in [0.2, 0.25) is 0 Å². The number of carbonyl (C=O) groups excluding carboxylic acids is 2. The van der Waals surface area contributed by atoms with Crippen LogP contribution >= 0.6 is 17.0 Å². The van der Waals surface area contributed by atoms with E-state index in [9.17, 15) is 9.59 Å². The number of ketones is 2. The summed E-state index contributed by atoms with van der Waals surface area (Å²) < 4.78 is 0. The van der Waals surface area contributed by atoms with E-state index in [1.165, 1.54) is 0 Å². The maximum atomic E-state index is 12.6. The van der Waals surface area contributed by atoms with E-state index in [1.807, 2.05) is 72.8 Å². The van der Waals surface area contributed by atoms with Crippen LogP contribution in [0.4, 0.5) is 0 Å². The number of pyridine rings is 1. The number of hydrogen-bond acceptors (Lipinski definition) is 3. The number of aromatic nitrogens is 1. The first-order valence-corrected chi connectivity index (χ1v) is 8.78. The zero-order valence-corrected chi connectivity index (χ0v) is 16.7. The Morgan fingerprint density at radius 2 is 1.26 bits per heavy atom. The molecule has 0 fully saturated rings. The number of carbonyl (C=O) groups is 2. The average molecular weight is 424 g/mol. The predicted octanol–water partition coefficient (Wildman–Crippen LogP) is 5.36. The molecule has 0 atom stereocenters. The Hall–Kier alpha value is -2.59. The molecule has 0 N–H and O–H groups in total. The van der Waals surface area contributed by atoms with E-state index < -0.39 is 0 Å². The Bertz CT molecular complexity index is 798. The highest BCUT2D eigenvalue weighted by Gasteiger charge is 2.20. The van der Waals surface area contributed by atoms with E-state index in [2.05, 4.69) is 4.98 Å². The van der Waals surface area contributed by atoms with Gasteiger partial charge in [0.05, 0.1) is 0 Å². The molecular weight excluding hydrogens is 402 g/mol. The van der Waals surface area contributed by atoms with Crippen molar-refractivity contribution in [2.24, 2.45) is 5.92 Å². The summed E-state index contributed by atoms with van der Waals surface area (Å²) in [5.41, 5.74) is 2.42. The van der Waals surface area contributed by atoms with Crippen molar-refractivity contribution in [3.8, 4) is 0 Å². The first-order chi connectivity index (χ1) is 12.7. The number of hydrogen-bond donors (Lipinski definition) is 0. The summed E-state index contributed by atoms with van der Waals surface area (Å²) >= 11 is 0. The van der Waals surface area contributed by atoms with E-state index in [0.29, 0.717) is 30.4 Å². The Morgan fingerprint density at radius 3 is 1.70 bits per heavy atom. The SMILES string of the molecule is Br.O=C(CC(CC(=O)c1ccccc1)Cc1cccnc1)c1ccccc1. The fourth-order valence-electron chi connectivity index (χ4n) is 3.08. The number of nitrogens with zero attached hydrogens (tertiary/aromatic N) is 1. The molecule has 0 saturated carbocycles. The van der Waals surface area contributed by atoms with Crippen molar-refractivity contribution in [2.45, 2.75) is 19.3 Å². The van der Waals surface area contributed by atoms with Crippen molar-refractivity contribution in [3.63, 3.8) is 0 Å². The van der Waals surface area contributed by atoms with Crippen LogP contribution in [0.1, 0.15) is 39.1 Å². The summed E-state index contributed by atoms with van der Waals surface area (Å²) in [6.45, 7) is 0. The molecule has 0 radical (unpaired) electrons. The summed E-state index contributed by atoms with van der Waals surface area (Å²) in [6.07, 6.45) is 4.87. The average Bonchev–Trinajstić information content (AvgIpc) is 2.70. The van der Waals surface area contributed by atoms with Crippen LogP contribution in [0.15, 0.2) is 85.2 Å². The molecule has 1 heterocycles. The summed E-state index contributed by atoms with van der Waals surface area (Å²) in [5, 5.41) is 0. The zero-order chi connectivity index (χ0) is 18.2. The van der Waals surface area contributed by atoms with Gasteiger partial charge in [0.15, 0.2) is 11.6 Å².